The van der Waals surface area contributed by atoms with Crippen molar-refractivity contribution in [1.82, 2.24) is 25.2 Å². The van der Waals surface area contributed by atoms with E-state index in [1.807, 2.05) is 13.2 Å². The normalized spacial score (nSPS) is 19.8. The predicted octanol–water partition coefficient (Wildman–Crippen LogP) is -0.583. The molecule has 1 aromatic rings. The van der Waals surface area contributed by atoms with Crippen LogP contribution in [0.5, 0.6) is 0 Å². The second-order valence-electron chi connectivity index (χ2n) is 4.42. The maximum atomic E-state index is 11.8. The molecule has 1 unspecified atom stereocenters. The molecule has 0 spiro atoms. The first-order valence-electron chi connectivity index (χ1n) is 6.07. The van der Waals surface area contributed by atoms with E-state index in [0.29, 0.717) is 13.2 Å². The predicted molar refractivity (Wildman–Crippen MR) is 64.9 cm³/mol. The summed E-state index contributed by atoms with van der Waals surface area (Å²) in [4.78, 5) is 13.5. The highest BCUT2D eigenvalue weighted by atomic mass is 16.5. The van der Waals surface area contributed by atoms with Crippen LogP contribution in [0.3, 0.4) is 0 Å². The fraction of sp³-hybridized carbons (Fsp3) is 0.727. The summed E-state index contributed by atoms with van der Waals surface area (Å²) < 4.78 is 6.60. The molecule has 2 heterocycles. The summed E-state index contributed by atoms with van der Waals surface area (Å²) in [5, 5.41) is 11.3. The number of carbonyl (C=O) groups excluding carboxylic acids is 1. The Bertz CT molecular complexity index is 406. The molecule has 1 fully saturated rings. The van der Waals surface area contributed by atoms with Gasteiger partial charge < -0.3 is 15.0 Å². The van der Waals surface area contributed by atoms with Gasteiger partial charge in [0.1, 0.15) is 6.04 Å². The van der Waals surface area contributed by atoms with E-state index in [1.54, 1.807) is 16.7 Å². The van der Waals surface area contributed by atoms with Crippen molar-refractivity contribution in [2.45, 2.75) is 19.0 Å². The molecule has 1 aromatic heterocycles. The summed E-state index contributed by atoms with van der Waals surface area (Å²) in [6, 6.07) is -0.185. The van der Waals surface area contributed by atoms with E-state index < -0.39 is 0 Å². The summed E-state index contributed by atoms with van der Waals surface area (Å²) >= 11 is 0. The van der Waals surface area contributed by atoms with Crippen LogP contribution in [0.2, 0.25) is 0 Å². The van der Waals surface area contributed by atoms with Gasteiger partial charge in [-0.1, -0.05) is 5.21 Å². The van der Waals surface area contributed by atoms with Crippen LogP contribution < -0.4 is 5.32 Å². The van der Waals surface area contributed by atoms with Gasteiger partial charge in [0.25, 0.3) is 0 Å². The van der Waals surface area contributed by atoms with Crippen molar-refractivity contribution in [3.05, 3.63) is 11.9 Å². The molecule has 0 bridgehead atoms. The lowest BCUT2D eigenvalue weighted by atomic mass is 10.2. The molecule has 1 atom stereocenters. The number of aromatic nitrogens is 3. The Labute approximate surface area is 106 Å². The number of likely N-dealkylation sites (tertiary alicyclic amines) is 1. The number of methoxy groups -OCH3 is 1. The molecule has 1 amide bonds. The summed E-state index contributed by atoms with van der Waals surface area (Å²) in [5.74, 6) is 0.110. The highest BCUT2D eigenvalue weighted by molar-refractivity contribution is 5.82. The summed E-state index contributed by atoms with van der Waals surface area (Å²) in [7, 11) is 3.48. The number of nitrogens with one attached hydrogen (secondary N) is 1. The number of amides is 1. The van der Waals surface area contributed by atoms with Gasteiger partial charge in [0.05, 0.1) is 18.5 Å². The van der Waals surface area contributed by atoms with Crippen LogP contribution in [0.15, 0.2) is 6.20 Å². The maximum absolute atomic E-state index is 11.8. The van der Waals surface area contributed by atoms with Gasteiger partial charge in [-0.3, -0.25) is 4.79 Å². The zero-order valence-electron chi connectivity index (χ0n) is 10.8. The molecule has 0 aromatic carbocycles. The standard InChI is InChI=1S/C11H19N5O2/c1-15-5-3-10(11(15)17)16-8-9(13-14-16)7-12-4-6-18-2/h8,10,12H,3-7H2,1-2H3. The molecule has 100 valence electrons. The van der Waals surface area contributed by atoms with Gasteiger partial charge in [-0.25, -0.2) is 4.68 Å². The van der Waals surface area contributed by atoms with Crippen LogP contribution in [0, 0.1) is 0 Å². The van der Waals surface area contributed by atoms with E-state index in [1.165, 1.54) is 0 Å². The Morgan fingerprint density at radius 3 is 3.11 bits per heavy atom. The van der Waals surface area contributed by atoms with Gasteiger partial charge in [-0.05, 0) is 6.42 Å². The molecule has 18 heavy (non-hydrogen) atoms. The molecule has 1 aliphatic heterocycles. The van der Waals surface area contributed by atoms with Gasteiger partial charge in [0, 0.05) is 33.8 Å². The monoisotopic (exact) mass is 253 g/mol. The van der Waals surface area contributed by atoms with Gasteiger partial charge in [0.15, 0.2) is 0 Å². The van der Waals surface area contributed by atoms with Crippen LogP contribution in [-0.2, 0) is 16.1 Å². The van der Waals surface area contributed by atoms with Gasteiger partial charge in [0.2, 0.25) is 5.91 Å². The average molecular weight is 253 g/mol. The fourth-order valence-corrected chi connectivity index (χ4v) is 1.99. The van der Waals surface area contributed by atoms with E-state index in [2.05, 4.69) is 15.6 Å². The second-order valence-corrected chi connectivity index (χ2v) is 4.42. The molecule has 7 heteroatoms. The number of ether oxygens (including phenoxy) is 1. The number of hydrogen-bond donors (Lipinski definition) is 1. The molecule has 7 nitrogen and oxygen atoms in total. The molecule has 2 rings (SSSR count). The first kappa shape index (κ1) is 13.0. The minimum Gasteiger partial charge on any atom is -0.383 e. The molecular weight excluding hydrogens is 234 g/mol. The Kier molecular flexibility index (Phi) is 4.27. The Morgan fingerprint density at radius 2 is 2.44 bits per heavy atom. The first-order valence-corrected chi connectivity index (χ1v) is 6.07. The zero-order chi connectivity index (χ0) is 13.0. The van der Waals surface area contributed by atoms with E-state index in [9.17, 15) is 4.79 Å². The van der Waals surface area contributed by atoms with Crippen molar-refractivity contribution in [1.29, 1.82) is 0 Å². The molecule has 0 aliphatic carbocycles. The largest absolute Gasteiger partial charge is 0.383 e. The van der Waals surface area contributed by atoms with Crippen molar-refractivity contribution in [3.63, 3.8) is 0 Å². The van der Waals surface area contributed by atoms with Crippen LogP contribution in [0.4, 0.5) is 0 Å². The maximum Gasteiger partial charge on any atom is 0.247 e. The van der Waals surface area contributed by atoms with E-state index in [4.69, 9.17) is 4.74 Å². The molecule has 1 N–H and O–H groups in total. The lowest BCUT2D eigenvalue weighted by Crippen LogP contribution is -2.24. The topological polar surface area (TPSA) is 72.3 Å². The lowest BCUT2D eigenvalue weighted by Gasteiger charge is -2.09. The summed E-state index contributed by atoms with van der Waals surface area (Å²) in [6.07, 6.45) is 2.64. The Morgan fingerprint density at radius 1 is 1.61 bits per heavy atom. The SMILES string of the molecule is COCCNCc1cn(C2CCN(C)C2=O)nn1. The smallest absolute Gasteiger partial charge is 0.247 e. The highest BCUT2D eigenvalue weighted by Crippen LogP contribution is 2.20. The lowest BCUT2D eigenvalue weighted by molar-refractivity contribution is -0.129. The quantitative estimate of drug-likeness (QED) is 0.687. The fourth-order valence-electron chi connectivity index (χ4n) is 1.99. The van der Waals surface area contributed by atoms with Crippen molar-refractivity contribution in [2.24, 2.45) is 0 Å². The van der Waals surface area contributed by atoms with Crippen molar-refractivity contribution >= 4 is 5.91 Å². The number of carbonyl (C=O) groups is 1. The second kappa shape index (κ2) is 5.92. The minimum absolute atomic E-state index is 0.110. The third kappa shape index (κ3) is 2.85. The average Bonchev–Trinajstić information content (AvgIpc) is 2.94. The van der Waals surface area contributed by atoms with Gasteiger partial charge in [-0.15, -0.1) is 5.10 Å². The number of hydrogen-bond acceptors (Lipinski definition) is 5. The van der Waals surface area contributed by atoms with E-state index >= 15 is 0 Å². The summed E-state index contributed by atoms with van der Waals surface area (Å²) in [5.41, 5.74) is 0.841. The number of rotatable bonds is 6. The third-order valence-corrected chi connectivity index (χ3v) is 3.07. The van der Waals surface area contributed by atoms with Gasteiger partial charge >= 0.3 is 0 Å². The van der Waals surface area contributed by atoms with Crippen molar-refractivity contribution in [3.8, 4) is 0 Å². The molecule has 1 saturated heterocycles. The van der Waals surface area contributed by atoms with E-state index in [0.717, 1.165) is 25.2 Å². The minimum atomic E-state index is -0.185. The molecule has 0 radical (unpaired) electrons. The number of likely N-dealkylation sites (N-methyl/N-ethyl adjacent to an activating group) is 1. The van der Waals surface area contributed by atoms with E-state index in [-0.39, 0.29) is 11.9 Å². The highest BCUT2D eigenvalue weighted by Gasteiger charge is 2.31. The Balaban J connectivity index is 1.88. The molecule has 0 saturated carbocycles. The summed E-state index contributed by atoms with van der Waals surface area (Å²) in [6.45, 7) is 2.86. The van der Waals surface area contributed by atoms with Crippen LogP contribution in [0.25, 0.3) is 0 Å². The van der Waals surface area contributed by atoms with Crippen LogP contribution in [-0.4, -0.2) is 59.7 Å². The molecule has 1 aliphatic rings. The van der Waals surface area contributed by atoms with Crippen LogP contribution in [0.1, 0.15) is 18.2 Å². The van der Waals surface area contributed by atoms with Crippen LogP contribution >= 0.6 is 0 Å². The van der Waals surface area contributed by atoms with Crippen molar-refractivity contribution < 1.29 is 9.53 Å². The van der Waals surface area contributed by atoms with Gasteiger partial charge in [-0.2, -0.15) is 0 Å². The first-order chi connectivity index (χ1) is 8.72. The molecular formula is C11H19N5O2. The zero-order valence-corrected chi connectivity index (χ0v) is 10.8. The van der Waals surface area contributed by atoms with Crippen molar-refractivity contribution in [2.75, 3.05) is 33.9 Å². The Hall–Kier alpha value is -1.47. The number of nitrogens with zero attached hydrogens (tertiary/aromatic N) is 4. The third-order valence-electron chi connectivity index (χ3n) is 3.07.